The molecule has 1 atom stereocenters. The van der Waals surface area contributed by atoms with Crippen molar-refractivity contribution in [1.29, 1.82) is 0 Å². The Morgan fingerprint density at radius 1 is 1.24 bits per heavy atom. The van der Waals surface area contributed by atoms with Crippen LogP contribution in [-0.2, 0) is 4.79 Å². The third kappa shape index (κ3) is 2.92. The maximum Gasteiger partial charge on any atom is 0.397 e. The summed E-state index contributed by atoms with van der Waals surface area (Å²) >= 11 is 0. The minimum Gasteiger partial charge on any atom is -0.342 e. The number of rotatable bonds is 2. The minimum atomic E-state index is -4.47. The van der Waals surface area contributed by atoms with E-state index < -0.39 is 18.5 Å². The van der Waals surface area contributed by atoms with Crippen molar-refractivity contribution in [2.24, 2.45) is 0 Å². The molecule has 5 nitrogen and oxygen atoms in total. The second-order valence-electron chi connectivity index (χ2n) is 6.25. The predicted molar refractivity (Wildman–Crippen MR) is 85.1 cm³/mol. The molecular formula is C17H15F3N4O. The van der Waals surface area contributed by atoms with Crippen LogP contribution < -0.4 is 0 Å². The molecule has 1 unspecified atom stereocenters. The van der Waals surface area contributed by atoms with Crippen molar-refractivity contribution in [3.8, 4) is 0 Å². The zero-order valence-electron chi connectivity index (χ0n) is 13.2. The average molecular weight is 348 g/mol. The average Bonchev–Trinajstić information content (AvgIpc) is 3.22. The van der Waals surface area contributed by atoms with Crippen LogP contribution in [-0.4, -0.2) is 44.7 Å². The van der Waals surface area contributed by atoms with Gasteiger partial charge in [-0.15, -0.1) is 0 Å². The van der Waals surface area contributed by atoms with Gasteiger partial charge in [0, 0.05) is 36.8 Å². The minimum absolute atomic E-state index is 0.0104. The lowest BCUT2D eigenvalue weighted by molar-refractivity contribution is -0.160. The first kappa shape index (κ1) is 15.9. The van der Waals surface area contributed by atoms with Crippen molar-refractivity contribution in [2.45, 2.75) is 24.9 Å². The highest BCUT2D eigenvalue weighted by Gasteiger charge is 2.36. The van der Waals surface area contributed by atoms with Crippen LogP contribution in [0, 0.1) is 0 Å². The van der Waals surface area contributed by atoms with Gasteiger partial charge < -0.3 is 4.90 Å². The number of fused-ring (bicyclic) bond motifs is 3. The zero-order valence-corrected chi connectivity index (χ0v) is 13.2. The van der Waals surface area contributed by atoms with Crippen molar-refractivity contribution in [2.75, 3.05) is 13.1 Å². The molecule has 1 fully saturated rings. The van der Waals surface area contributed by atoms with E-state index in [0.29, 0.717) is 19.5 Å². The molecule has 1 amide bonds. The number of hydrogen-bond acceptors (Lipinski definition) is 3. The number of likely N-dealkylation sites (tertiary alicyclic amines) is 1. The van der Waals surface area contributed by atoms with Gasteiger partial charge in [0.1, 0.15) is 6.42 Å². The number of carbonyl (C=O) groups is 1. The second-order valence-corrected chi connectivity index (χ2v) is 6.25. The lowest BCUT2D eigenvalue weighted by Gasteiger charge is -2.18. The number of aromatic nitrogens is 3. The van der Waals surface area contributed by atoms with Gasteiger partial charge >= 0.3 is 6.18 Å². The first-order valence-corrected chi connectivity index (χ1v) is 7.98. The molecular weight excluding hydrogens is 333 g/mol. The van der Waals surface area contributed by atoms with Gasteiger partial charge in [-0.1, -0.05) is 0 Å². The van der Waals surface area contributed by atoms with Crippen LogP contribution in [0.3, 0.4) is 0 Å². The molecule has 0 radical (unpaired) electrons. The van der Waals surface area contributed by atoms with Gasteiger partial charge in [-0.3, -0.25) is 9.78 Å². The Kier molecular flexibility index (Phi) is 3.63. The zero-order chi connectivity index (χ0) is 17.6. The van der Waals surface area contributed by atoms with Crippen LogP contribution in [0.5, 0.6) is 0 Å². The smallest absolute Gasteiger partial charge is 0.342 e. The number of halogens is 3. The third-order valence-electron chi connectivity index (χ3n) is 4.65. The molecule has 3 aromatic heterocycles. The lowest BCUT2D eigenvalue weighted by atomic mass is 9.95. The van der Waals surface area contributed by atoms with Crippen molar-refractivity contribution in [3.63, 3.8) is 0 Å². The van der Waals surface area contributed by atoms with Gasteiger partial charge in [0.05, 0.1) is 17.2 Å². The lowest BCUT2D eigenvalue weighted by Crippen LogP contribution is -2.32. The molecule has 8 heteroatoms. The third-order valence-corrected chi connectivity index (χ3v) is 4.65. The summed E-state index contributed by atoms with van der Waals surface area (Å²) in [5, 5.41) is 5.16. The van der Waals surface area contributed by atoms with Crippen molar-refractivity contribution >= 4 is 22.3 Å². The van der Waals surface area contributed by atoms with Crippen LogP contribution in [0.4, 0.5) is 13.2 Å². The van der Waals surface area contributed by atoms with E-state index in [1.807, 2.05) is 24.4 Å². The van der Waals surface area contributed by atoms with Crippen LogP contribution in [0.2, 0.25) is 0 Å². The van der Waals surface area contributed by atoms with Gasteiger partial charge in [-0.25, -0.2) is 4.52 Å². The number of alkyl halides is 3. The summed E-state index contributed by atoms with van der Waals surface area (Å²) in [5.74, 6) is -0.869. The largest absolute Gasteiger partial charge is 0.397 e. The van der Waals surface area contributed by atoms with E-state index in [9.17, 15) is 18.0 Å². The maximum atomic E-state index is 12.5. The number of amides is 1. The van der Waals surface area contributed by atoms with Crippen molar-refractivity contribution in [3.05, 3.63) is 42.4 Å². The van der Waals surface area contributed by atoms with E-state index in [1.165, 1.54) is 4.90 Å². The quantitative estimate of drug-likeness (QED) is 0.715. The Bertz CT molecular complexity index is 950. The van der Waals surface area contributed by atoms with Gasteiger partial charge in [0.2, 0.25) is 5.91 Å². The Hall–Kier alpha value is -2.64. The second kappa shape index (κ2) is 5.72. The number of hydrogen-bond donors (Lipinski definition) is 0. The van der Waals surface area contributed by atoms with Crippen molar-refractivity contribution in [1.82, 2.24) is 19.5 Å². The van der Waals surface area contributed by atoms with Gasteiger partial charge in [-0.2, -0.15) is 18.3 Å². The van der Waals surface area contributed by atoms with E-state index in [0.717, 1.165) is 22.0 Å². The molecule has 4 heterocycles. The summed E-state index contributed by atoms with van der Waals surface area (Å²) in [4.78, 5) is 17.5. The Morgan fingerprint density at radius 2 is 2.08 bits per heavy atom. The molecule has 0 aliphatic carbocycles. The highest BCUT2D eigenvalue weighted by atomic mass is 19.4. The molecule has 0 aromatic carbocycles. The molecule has 4 rings (SSSR count). The Morgan fingerprint density at radius 3 is 2.88 bits per heavy atom. The van der Waals surface area contributed by atoms with E-state index in [1.54, 1.807) is 16.9 Å². The highest BCUT2D eigenvalue weighted by Crippen LogP contribution is 2.34. The Balaban J connectivity index is 1.67. The predicted octanol–water partition coefficient (Wildman–Crippen LogP) is 3.15. The molecule has 0 bridgehead atoms. The molecule has 1 aliphatic rings. The SMILES string of the molecule is O=C(CC(F)(F)F)N1CCC(c2ccnc3ccn4nccc4c23)C1. The fourth-order valence-corrected chi connectivity index (χ4v) is 3.54. The van der Waals surface area contributed by atoms with Crippen LogP contribution >= 0.6 is 0 Å². The molecule has 1 aliphatic heterocycles. The summed E-state index contributed by atoms with van der Waals surface area (Å²) in [6.07, 6.45) is -0.0176. The van der Waals surface area contributed by atoms with E-state index in [2.05, 4.69) is 10.1 Å². The number of pyridine rings is 2. The molecule has 1 saturated heterocycles. The molecule has 0 saturated carbocycles. The highest BCUT2D eigenvalue weighted by molar-refractivity contribution is 5.96. The summed E-state index contributed by atoms with van der Waals surface area (Å²) in [5.41, 5.74) is 2.71. The molecule has 25 heavy (non-hydrogen) atoms. The summed E-state index contributed by atoms with van der Waals surface area (Å²) in [7, 11) is 0. The molecule has 130 valence electrons. The summed E-state index contributed by atoms with van der Waals surface area (Å²) in [6, 6.07) is 5.63. The fourth-order valence-electron chi connectivity index (χ4n) is 3.54. The first-order chi connectivity index (χ1) is 11.9. The van der Waals surface area contributed by atoms with Gasteiger partial charge in [0.25, 0.3) is 0 Å². The summed E-state index contributed by atoms with van der Waals surface area (Å²) in [6.45, 7) is 0.634. The fraction of sp³-hybridized carbons (Fsp3) is 0.353. The van der Waals surface area contributed by atoms with Gasteiger partial charge in [0.15, 0.2) is 0 Å². The number of nitrogens with zero attached hydrogens (tertiary/aromatic N) is 4. The van der Waals surface area contributed by atoms with Crippen LogP contribution in [0.1, 0.15) is 24.3 Å². The van der Waals surface area contributed by atoms with Gasteiger partial charge in [-0.05, 0) is 30.2 Å². The molecule has 0 N–H and O–H groups in total. The molecule has 3 aromatic rings. The van der Waals surface area contributed by atoms with Crippen LogP contribution in [0.25, 0.3) is 16.4 Å². The van der Waals surface area contributed by atoms with Crippen LogP contribution in [0.15, 0.2) is 36.8 Å². The molecule has 0 spiro atoms. The number of carbonyl (C=O) groups excluding carboxylic acids is 1. The maximum absolute atomic E-state index is 12.5. The Labute approximate surface area is 141 Å². The first-order valence-electron chi connectivity index (χ1n) is 7.98. The topological polar surface area (TPSA) is 50.5 Å². The monoisotopic (exact) mass is 348 g/mol. The standard InChI is InChI=1S/C17H15F3N4O/c18-17(19,20)9-15(25)23-7-3-11(10-23)12-1-5-21-13-4-8-24-14(16(12)13)2-6-22-24/h1-2,4-6,8,11H,3,7,9-10H2. The van der Waals surface area contributed by atoms with E-state index in [4.69, 9.17) is 0 Å². The summed E-state index contributed by atoms with van der Waals surface area (Å²) < 4.78 is 39.1. The normalized spacial score (nSPS) is 18.4. The van der Waals surface area contributed by atoms with E-state index >= 15 is 0 Å². The van der Waals surface area contributed by atoms with E-state index in [-0.39, 0.29) is 5.92 Å². The van der Waals surface area contributed by atoms with Crippen molar-refractivity contribution < 1.29 is 18.0 Å².